The summed E-state index contributed by atoms with van der Waals surface area (Å²) in [5.74, 6) is 4.63. The number of fused-ring (bicyclic) bond motifs is 1. The third-order valence-electron chi connectivity index (χ3n) is 3.95. The molecule has 0 saturated carbocycles. The maximum absolute atomic E-state index is 11.0. The third-order valence-corrected chi connectivity index (χ3v) is 3.95. The summed E-state index contributed by atoms with van der Waals surface area (Å²) in [6, 6.07) is 14.9. The summed E-state index contributed by atoms with van der Waals surface area (Å²) in [4.78, 5) is 11.0. The van der Waals surface area contributed by atoms with Crippen LogP contribution in [0, 0.1) is 17.3 Å². The van der Waals surface area contributed by atoms with Gasteiger partial charge in [0, 0.05) is 12.6 Å². The molecule has 2 N–H and O–H groups in total. The first-order chi connectivity index (χ1) is 11.4. The monoisotopic (exact) mass is 357 g/mol. The van der Waals surface area contributed by atoms with Crippen molar-refractivity contribution in [2.45, 2.75) is 26.8 Å². The van der Waals surface area contributed by atoms with Crippen LogP contribution in [0.5, 0.6) is 0 Å². The topological polar surface area (TPSA) is 49.3 Å². The number of hydrogen-bond donors (Lipinski definition) is 2. The van der Waals surface area contributed by atoms with Gasteiger partial charge in [-0.25, -0.2) is 0 Å². The Kier molecular flexibility index (Phi) is 7.70. The van der Waals surface area contributed by atoms with Crippen LogP contribution in [0.25, 0.3) is 10.8 Å². The standard InChI is InChI=1S/C21H23NO2.ClH/c1-16(18-13-9-11-17-10-5-6-12-19(17)18)22-15-8-4-7-14-21(2,3)20(23)24;/h4-6,8-13,16,22H,15H2,1-3H3,(H,23,24);1H/t16-;/m1./s1. The number of halogens is 1. The van der Waals surface area contributed by atoms with Crippen molar-refractivity contribution in [3.8, 4) is 11.8 Å². The van der Waals surface area contributed by atoms with Gasteiger partial charge in [0.15, 0.2) is 0 Å². The quantitative estimate of drug-likeness (QED) is 0.770. The van der Waals surface area contributed by atoms with Gasteiger partial charge in [-0.1, -0.05) is 60.4 Å². The molecule has 3 nitrogen and oxygen atoms in total. The Bertz CT molecular complexity index is 810. The first kappa shape index (κ1) is 20.8. The van der Waals surface area contributed by atoms with Crippen LogP contribution in [0.2, 0.25) is 0 Å². The van der Waals surface area contributed by atoms with E-state index in [0.29, 0.717) is 6.54 Å². The predicted octanol–water partition coefficient (Wildman–Crippen LogP) is 4.58. The van der Waals surface area contributed by atoms with Crippen LogP contribution in [0.1, 0.15) is 32.4 Å². The van der Waals surface area contributed by atoms with Crippen LogP contribution in [0.3, 0.4) is 0 Å². The Morgan fingerprint density at radius 3 is 2.64 bits per heavy atom. The summed E-state index contributed by atoms with van der Waals surface area (Å²) in [7, 11) is 0. The second kappa shape index (κ2) is 9.27. The summed E-state index contributed by atoms with van der Waals surface area (Å²) in [5.41, 5.74) is 0.244. The van der Waals surface area contributed by atoms with Crippen LogP contribution in [0.15, 0.2) is 54.6 Å². The Hall–Kier alpha value is -2.28. The van der Waals surface area contributed by atoms with E-state index in [0.717, 1.165) is 0 Å². The molecule has 0 saturated heterocycles. The highest BCUT2D eigenvalue weighted by atomic mass is 35.5. The van der Waals surface area contributed by atoms with Crippen molar-refractivity contribution in [3.63, 3.8) is 0 Å². The largest absolute Gasteiger partial charge is 0.480 e. The van der Waals surface area contributed by atoms with Crippen molar-refractivity contribution in [1.29, 1.82) is 0 Å². The van der Waals surface area contributed by atoms with Crippen molar-refractivity contribution >= 4 is 29.1 Å². The Balaban J connectivity index is 0.00000312. The van der Waals surface area contributed by atoms with E-state index in [-0.39, 0.29) is 18.4 Å². The smallest absolute Gasteiger partial charge is 0.321 e. The number of hydrogen-bond acceptors (Lipinski definition) is 2. The molecule has 0 aromatic heterocycles. The van der Waals surface area contributed by atoms with Crippen molar-refractivity contribution < 1.29 is 9.90 Å². The fraction of sp³-hybridized carbons (Fsp3) is 0.286. The van der Waals surface area contributed by atoms with Gasteiger partial charge in [0.1, 0.15) is 5.41 Å². The van der Waals surface area contributed by atoms with Gasteiger partial charge in [-0.15, -0.1) is 12.4 Å². The highest BCUT2D eigenvalue weighted by Gasteiger charge is 2.23. The number of rotatable bonds is 5. The fourth-order valence-electron chi connectivity index (χ4n) is 2.38. The average Bonchev–Trinajstić information content (AvgIpc) is 2.57. The lowest BCUT2D eigenvalue weighted by atomic mass is 9.95. The molecule has 2 aromatic carbocycles. The number of carboxylic acids is 1. The molecule has 25 heavy (non-hydrogen) atoms. The second-order valence-corrected chi connectivity index (χ2v) is 6.30. The zero-order valence-corrected chi connectivity index (χ0v) is 15.6. The van der Waals surface area contributed by atoms with E-state index in [2.05, 4.69) is 60.5 Å². The molecule has 0 amide bonds. The normalized spacial score (nSPS) is 12.3. The molecule has 0 fully saturated rings. The summed E-state index contributed by atoms with van der Waals surface area (Å²) < 4.78 is 0. The molecule has 0 aliphatic heterocycles. The molecular formula is C21H24ClNO2. The number of benzene rings is 2. The molecule has 0 heterocycles. The van der Waals surface area contributed by atoms with Gasteiger partial charge in [0.2, 0.25) is 0 Å². The zero-order chi connectivity index (χ0) is 17.6. The second-order valence-electron chi connectivity index (χ2n) is 6.30. The minimum absolute atomic E-state index is 0. The molecule has 0 spiro atoms. The maximum Gasteiger partial charge on any atom is 0.321 e. The van der Waals surface area contributed by atoms with Gasteiger partial charge in [-0.05, 0) is 43.2 Å². The summed E-state index contributed by atoms with van der Waals surface area (Å²) >= 11 is 0. The highest BCUT2D eigenvalue weighted by molar-refractivity contribution is 5.86. The first-order valence-corrected chi connectivity index (χ1v) is 8.04. The van der Waals surface area contributed by atoms with E-state index in [1.54, 1.807) is 19.9 Å². The summed E-state index contributed by atoms with van der Waals surface area (Å²) in [6.45, 7) is 6.00. The van der Waals surface area contributed by atoms with Crippen molar-refractivity contribution in [2.24, 2.45) is 5.41 Å². The van der Waals surface area contributed by atoms with Crippen LogP contribution in [0.4, 0.5) is 0 Å². The Morgan fingerprint density at radius 2 is 1.92 bits per heavy atom. The molecule has 132 valence electrons. The molecule has 0 bridgehead atoms. The molecule has 0 aliphatic carbocycles. The van der Waals surface area contributed by atoms with Gasteiger partial charge in [-0.2, -0.15) is 0 Å². The van der Waals surface area contributed by atoms with Gasteiger partial charge >= 0.3 is 5.97 Å². The number of aliphatic carboxylic acids is 1. The number of carboxylic acid groups (broad SMARTS) is 1. The van der Waals surface area contributed by atoms with Crippen LogP contribution < -0.4 is 5.32 Å². The minimum atomic E-state index is -1.02. The average molecular weight is 358 g/mol. The molecule has 4 heteroatoms. The van der Waals surface area contributed by atoms with E-state index in [1.165, 1.54) is 16.3 Å². The van der Waals surface area contributed by atoms with E-state index in [9.17, 15) is 4.79 Å². The highest BCUT2D eigenvalue weighted by Crippen LogP contribution is 2.23. The van der Waals surface area contributed by atoms with E-state index < -0.39 is 11.4 Å². The molecule has 0 unspecified atom stereocenters. The van der Waals surface area contributed by atoms with Gasteiger partial charge in [-0.3, -0.25) is 4.79 Å². The van der Waals surface area contributed by atoms with E-state index >= 15 is 0 Å². The van der Waals surface area contributed by atoms with E-state index in [4.69, 9.17) is 5.11 Å². The van der Waals surface area contributed by atoms with Crippen LogP contribution in [-0.4, -0.2) is 17.6 Å². The predicted molar refractivity (Wildman–Crippen MR) is 106 cm³/mol. The van der Waals surface area contributed by atoms with Crippen LogP contribution >= 0.6 is 12.4 Å². The number of carbonyl (C=O) groups is 1. The van der Waals surface area contributed by atoms with Gasteiger partial charge < -0.3 is 10.4 Å². The molecular weight excluding hydrogens is 334 g/mol. The minimum Gasteiger partial charge on any atom is -0.480 e. The summed E-state index contributed by atoms with van der Waals surface area (Å²) in [6.07, 6.45) is 3.61. The molecule has 1 atom stereocenters. The molecule has 0 radical (unpaired) electrons. The van der Waals surface area contributed by atoms with Crippen molar-refractivity contribution in [2.75, 3.05) is 6.54 Å². The van der Waals surface area contributed by atoms with Crippen LogP contribution in [-0.2, 0) is 4.79 Å². The Labute approximate surface area is 155 Å². The molecule has 2 rings (SSSR count). The first-order valence-electron chi connectivity index (χ1n) is 8.04. The number of nitrogens with one attached hydrogen (secondary N) is 1. The van der Waals surface area contributed by atoms with Gasteiger partial charge in [0.25, 0.3) is 0 Å². The fourth-order valence-corrected chi connectivity index (χ4v) is 2.38. The van der Waals surface area contributed by atoms with Crippen molar-refractivity contribution in [3.05, 3.63) is 60.2 Å². The van der Waals surface area contributed by atoms with Gasteiger partial charge in [0.05, 0.1) is 0 Å². The van der Waals surface area contributed by atoms with E-state index in [1.807, 2.05) is 12.1 Å². The number of allylic oxidation sites excluding steroid dienone is 1. The Morgan fingerprint density at radius 1 is 1.24 bits per heavy atom. The SMILES string of the molecule is C[C@@H](NCC=CC#CC(C)(C)C(=O)O)c1cccc2ccccc12.Cl. The molecule has 0 aliphatic rings. The third kappa shape index (κ3) is 5.63. The zero-order valence-electron chi connectivity index (χ0n) is 14.7. The van der Waals surface area contributed by atoms with Crippen molar-refractivity contribution in [1.82, 2.24) is 5.32 Å². The lowest BCUT2D eigenvalue weighted by Gasteiger charge is -2.15. The molecule has 2 aromatic rings. The lowest BCUT2D eigenvalue weighted by Crippen LogP contribution is -2.21. The maximum atomic E-state index is 11.0. The summed E-state index contributed by atoms with van der Waals surface area (Å²) in [5, 5.41) is 14.9. The lowest BCUT2D eigenvalue weighted by molar-refractivity contribution is -0.143.